The zero-order valence-electron chi connectivity index (χ0n) is 10.7. The third kappa shape index (κ3) is 4.23. The zero-order chi connectivity index (χ0) is 12.3. The third-order valence-corrected chi connectivity index (χ3v) is 5.51. The highest BCUT2D eigenvalue weighted by atomic mass is 32.2. The predicted molar refractivity (Wildman–Crippen MR) is 69.9 cm³/mol. The van der Waals surface area contributed by atoms with Crippen LogP contribution in [0, 0.1) is 0 Å². The molecule has 100 valence electrons. The van der Waals surface area contributed by atoms with E-state index in [4.69, 9.17) is 0 Å². The molecule has 2 rings (SSSR count). The van der Waals surface area contributed by atoms with Crippen LogP contribution in [0.4, 0.5) is 0 Å². The second-order valence-electron chi connectivity index (χ2n) is 5.29. The fraction of sp³-hybridized carbons (Fsp3) is 1.00. The first-order valence-electron chi connectivity index (χ1n) is 6.78. The van der Waals surface area contributed by atoms with Gasteiger partial charge in [0, 0.05) is 25.2 Å². The minimum Gasteiger partial charge on any atom is -0.312 e. The van der Waals surface area contributed by atoms with Crippen LogP contribution in [0.15, 0.2) is 0 Å². The topological polar surface area (TPSA) is 49.4 Å². The number of nitrogens with zero attached hydrogens (tertiary/aromatic N) is 1. The molecule has 1 atom stereocenters. The largest absolute Gasteiger partial charge is 0.312 e. The van der Waals surface area contributed by atoms with Gasteiger partial charge in [-0.1, -0.05) is 6.92 Å². The van der Waals surface area contributed by atoms with Crippen molar-refractivity contribution < 1.29 is 8.42 Å². The molecule has 1 N–H and O–H groups in total. The van der Waals surface area contributed by atoms with Crippen LogP contribution in [-0.4, -0.2) is 56.5 Å². The molecule has 0 amide bonds. The summed E-state index contributed by atoms with van der Waals surface area (Å²) in [6.45, 7) is 4.86. The maximum atomic E-state index is 11.6. The third-order valence-electron chi connectivity index (χ3n) is 3.80. The van der Waals surface area contributed by atoms with Crippen molar-refractivity contribution in [2.75, 3.05) is 31.1 Å². The summed E-state index contributed by atoms with van der Waals surface area (Å²) in [6.07, 6.45) is 4.51. The van der Waals surface area contributed by atoms with Gasteiger partial charge in [-0.15, -0.1) is 0 Å². The fourth-order valence-corrected chi connectivity index (χ4v) is 3.73. The molecule has 0 bridgehead atoms. The van der Waals surface area contributed by atoms with Crippen LogP contribution in [-0.2, 0) is 9.84 Å². The Bertz CT molecular complexity index is 338. The molecule has 2 fully saturated rings. The van der Waals surface area contributed by atoms with Gasteiger partial charge >= 0.3 is 0 Å². The first-order valence-corrected chi connectivity index (χ1v) is 8.61. The molecule has 0 aromatic rings. The van der Waals surface area contributed by atoms with Gasteiger partial charge < -0.3 is 5.32 Å². The van der Waals surface area contributed by atoms with Gasteiger partial charge in [0.05, 0.1) is 11.5 Å². The van der Waals surface area contributed by atoms with E-state index < -0.39 is 9.84 Å². The monoisotopic (exact) mass is 260 g/mol. The van der Waals surface area contributed by atoms with Crippen LogP contribution in [0.25, 0.3) is 0 Å². The Balaban J connectivity index is 1.84. The van der Waals surface area contributed by atoms with Crippen LogP contribution in [0.5, 0.6) is 0 Å². The standard InChI is InChI=1S/C12H24N2O2S/c1-2-12(10-13-11-4-5-11)14-6-3-8-17(15,16)9-7-14/h11-13H,2-10H2,1H3. The first kappa shape index (κ1) is 13.3. The van der Waals surface area contributed by atoms with E-state index in [-0.39, 0.29) is 0 Å². The molecule has 0 aromatic heterocycles. The van der Waals surface area contributed by atoms with E-state index in [9.17, 15) is 8.42 Å². The molecule has 0 radical (unpaired) electrons. The van der Waals surface area contributed by atoms with Gasteiger partial charge in [0.2, 0.25) is 0 Å². The molecule has 1 saturated carbocycles. The van der Waals surface area contributed by atoms with Gasteiger partial charge in [-0.2, -0.15) is 0 Å². The Kier molecular flexibility index (Phi) is 4.44. The molecule has 0 aromatic carbocycles. The Morgan fingerprint density at radius 2 is 2.06 bits per heavy atom. The molecule has 1 unspecified atom stereocenters. The minimum atomic E-state index is -2.77. The van der Waals surface area contributed by atoms with E-state index in [2.05, 4.69) is 17.1 Å². The molecule has 1 heterocycles. The van der Waals surface area contributed by atoms with E-state index in [0.29, 0.717) is 24.1 Å². The highest BCUT2D eigenvalue weighted by Crippen LogP contribution is 2.19. The van der Waals surface area contributed by atoms with E-state index in [1.165, 1.54) is 12.8 Å². The maximum absolute atomic E-state index is 11.6. The Labute approximate surface area is 105 Å². The van der Waals surface area contributed by atoms with Crippen LogP contribution >= 0.6 is 0 Å². The van der Waals surface area contributed by atoms with Crippen molar-refractivity contribution in [1.82, 2.24) is 10.2 Å². The van der Waals surface area contributed by atoms with Gasteiger partial charge in [-0.05, 0) is 32.2 Å². The highest BCUT2D eigenvalue weighted by molar-refractivity contribution is 7.91. The second-order valence-corrected chi connectivity index (χ2v) is 7.59. The Morgan fingerprint density at radius 3 is 2.71 bits per heavy atom. The number of hydrogen-bond acceptors (Lipinski definition) is 4. The second kappa shape index (κ2) is 5.67. The van der Waals surface area contributed by atoms with Gasteiger partial charge in [0.15, 0.2) is 9.84 Å². The molecule has 1 saturated heterocycles. The van der Waals surface area contributed by atoms with Crippen molar-refractivity contribution in [3.63, 3.8) is 0 Å². The van der Waals surface area contributed by atoms with Crippen molar-refractivity contribution in [3.05, 3.63) is 0 Å². The van der Waals surface area contributed by atoms with Gasteiger partial charge in [-0.25, -0.2) is 8.42 Å². The molecule has 4 nitrogen and oxygen atoms in total. The first-order chi connectivity index (χ1) is 8.11. The van der Waals surface area contributed by atoms with E-state index in [0.717, 1.165) is 32.0 Å². The van der Waals surface area contributed by atoms with Crippen molar-refractivity contribution >= 4 is 9.84 Å². The average molecular weight is 260 g/mol. The predicted octanol–water partition coefficient (Wildman–Crippen LogP) is 0.638. The number of hydrogen-bond donors (Lipinski definition) is 1. The smallest absolute Gasteiger partial charge is 0.151 e. The molecule has 0 spiro atoms. The number of rotatable bonds is 5. The van der Waals surface area contributed by atoms with Crippen molar-refractivity contribution in [2.24, 2.45) is 0 Å². The van der Waals surface area contributed by atoms with E-state index in [1.54, 1.807) is 0 Å². The summed E-state index contributed by atoms with van der Waals surface area (Å²) in [5.41, 5.74) is 0. The SMILES string of the molecule is CCC(CNC1CC1)N1CCCS(=O)(=O)CC1. The highest BCUT2D eigenvalue weighted by Gasteiger charge is 2.26. The summed E-state index contributed by atoms with van der Waals surface area (Å²) in [4.78, 5) is 2.36. The number of sulfone groups is 1. The quantitative estimate of drug-likeness (QED) is 0.788. The lowest BCUT2D eigenvalue weighted by Crippen LogP contribution is -2.43. The number of nitrogens with one attached hydrogen (secondary N) is 1. The summed E-state index contributed by atoms with van der Waals surface area (Å²) < 4.78 is 23.1. The van der Waals surface area contributed by atoms with Gasteiger partial charge in [0.25, 0.3) is 0 Å². The molecule has 5 heteroatoms. The summed E-state index contributed by atoms with van der Waals surface area (Å²) >= 11 is 0. The van der Waals surface area contributed by atoms with Gasteiger partial charge in [-0.3, -0.25) is 4.90 Å². The van der Waals surface area contributed by atoms with Crippen molar-refractivity contribution in [3.8, 4) is 0 Å². The van der Waals surface area contributed by atoms with E-state index in [1.807, 2.05) is 0 Å². The summed E-state index contributed by atoms with van der Waals surface area (Å²) in [5.74, 6) is 0.711. The summed E-state index contributed by atoms with van der Waals surface area (Å²) in [7, 11) is -2.77. The zero-order valence-corrected chi connectivity index (χ0v) is 11.5. The molecular formula is C12H24N2O2S. The van der Waals surface area contributed by atoms with Crippen LogP contribution in [0.3, 0.4) is 0 Å². The van der Waals surface area contributed by atoms with Gasteiger partial charge in [0.1, 0.15) is 0 Å². The fourth-order valence-electron chi connectivity index (χ4n) is 2.44. The Hall–Kier alpha value is -0.130. The minimum absolute atomic E-state index is 0.340. The molecule has 2 aliphatic rings. The van der Waals surface area contributed by atoms with Crippen molar-refractivity contribution in [1.29, 1.82) is 0 Å². The molecular weight excluding hydrogens is 236 g/mol. The van der Waals surface area contributed by atoms with Crippen LogP contribution < -0.4 is 5.32 Å². The lowest BCUT2D eigenvalue weighted by atomic mass is 10.1. The molecule has 1 aliphatic carbocycles. The maximum Gasteiger partial charge on any atom is 0.151 e. The lowest BCUT2D eigenvalue weighted by Gasteiger charge is -2.29. The Morgan fingerprint density at radius 1 is 1.29 bits per heavy atom. The average Bonchev–Trinajstić information content (AvgIpc) is 3.09. The lowest BCUT2D eigenvalue weighted by molar-refractivity contribution is 0.200. The molecule has 17 heavy (non-hydrogen) atoms. The van der Waals surface area contributed by atoms with Crippen molar-refractivity contribution in [2.45, 2.75) is 44.7 Å². The van der Waals surface area contributed by atoms with E-state index >= 15 is 0 Å². The summed E-state index contributed by atoms with van der Waals surface area (Å²) in [5, 5.41) is 3.55. The summed E-state index contributed by atoms with van der Waals surface area (Å²) in [6, 6.07) is 1.24. The van der Waals surface area contributed by atoms with Crippen LogP contribution in [0.1, 0.15) is 32.6 Å². The normalized spacial score (nSPS) is 27.6. The molecule has 1 aliphatic heterocycles. The van der Waals surface area contributed by atoms with Crippen LogP contribution in [0.2, 0.25) is 0 Å².